The van der Waals surface area contributed by atoms with E-state index in [1.807, 2.05) is 31.2 Å². The fraction of sp³-hybridized carbons (Fsp3) is 0.695. The maximum Gasteiger partial charge on any atom is 0.320 e. The molecule has 0 spiro atoms. The van der Waals surface area contributed by atoms with E-state index >= 15 is 0 Å². The van der Waals surface area contributed by atoms with Gasteiger partial charge in [0.1, 0.15) is 51.0 Å². The van der Waals surface area contributed by atoms with Gasteiger partial charge in [-0.2, -0.15) is 0 Å². The second-order valence-corrected chi connectivity index (χ2v) is 41.5. The number of hydrogen-bond donors (Lipinski definition) is 6. The summed E-state index contributed by atoms with van der Waals surface area (Å²) in [6, 6.07) is 1.93. The van der Waals surface area contributed by atoms with Crippen LogP contribution in [0.5, 0.6) is 0 Å². The van der Waals surface area contributed by atoms with Crippen LogP contribution in [0.4, 0.5) is 0 Å². The summed E-state index contributed by atoms with van der Waals surface area (Å²) >= 11 is 0. The molecule has 0 aliphatic carbocycles. The number of nitrogens with zero attached hydrogens (tertiary/aromatic N) is 9. The molecule has 35 nitrogen and oxygen atoms in total. The summed E-state index contributed by atoms with van der Waals surface area (Å²) < 4.78 is 45.2. The summed E-state index contributed by atoms with van der Waals surface area (Å²) in [5.74, 6) is -6.71. The van der Waals surface area contributed by atoms with Gasteiger partial charge in [-0.3, -0.25) is 109 Å². The van der Waals surface area contributed by atoms with Crippen molar-refractivity contribution >= 4 is 101 Å². The van der Waals surface area contributed by atoms with Gasteiger partial charge in [0.05, 0.1) is 82.6 Å². The highest BCUT2D eigenvalue weighted by Crippen LogP contribution is 2.46. The van der Waals surface area contributed by atoms with Crippen LogP contribution in [0.3, 0.4) is 0 Å². The zero-order valence-electron chi connectivity index (χ0n) is 83.5. The number of aromatic nitrogens is 1. The Bertz CT molecular complexity index is 4330. The van der Waals surface area contributed by atoms with E-state index in [1.54, 1.807) is 186 Å². The summed E-state index contributed by atoms with van der Waals surface area (Å²) in [4.78, 5) is 194. The molecule has 4 amide bonds. The quantitative estimate of drug-likeness (QED) is 0.0207. The fourth-order valence-corrected chi connectivity index (χ4v) is 14.8. The van der Waals surface area contributed by atoms with E-state index in [0.717, 1.165) is 34.4 Å². The van der Waals surface area contributed by atoms with Gasteiger partial charge in [0.25, 0.3) is 11.8 Å². The maximum atomic E-state index is 14.4. The Hall–Kier alpha value is -9.81. The second kappa shape index (κ2) is 47.5. The number of fused-ring (bicyclic) bond motifs is 6. The van der Waals surface area contributed by atoms with Crippen molar-refractivity contribution in [2.24, 2.45) is 20.4 Å². The molecule has 130 heavy (non-hydrogen) atoms. The summed E-state index contributed by atoms with van der Waals surface area (Å²) in [6.07, 6.45) is 8.13. The first-order chi connectivity index (χ1) is 59.8. The third kappa shape index (κ3) is 40.9. The van der Waals surface area contributed by atoms with Crippen molar-refractivity contribution in [3.63, 3.8) is 0 Å². The average molecular weight is 1830 g/mol. The van der Waals surface area contributed by atoms with E-state index in [-0.39, 0.29) is 143 Å². The predicted octanol–water partition coefficient (Wildman–Crippen LogP) is 7.78. The number of amidine groups is 1. The normalized spacial score (nSPS) is 17.7. The molecule has 1 aromatic heterocycles. The number of carbonyl (C=O) groups is 12. The largest absolute Gasteiger partial charge is 0.459 e. The highest BCUT2D eigenvalue weighted by molar-refractivity contribution is 6.32. The van der Waals surface area contributed by atoms with Crippen LogP contribution in [0.2, 0.25) is 0 Å². The third-order valence-corrected chi connectivity index (χ3v) is 20.1. The number of rotatable bonds is 42. The third-order valence-electron chi connectivity index (χ3n) is 20.1. The van der Waals surface area contributed by atoms with Crippen LogP contribution in [0, 0.1) is 5.41 Å². The molecule has 0 aromatic carbocycles. The standard InChI is InChI=1S/C95H153N15O20/c1-31-64-65(32-2)85-98-70(64)48-63-47-62(35-37-73(111)101-103-75(113)51-105(39-43-107(53-77(115)123-87(6,7)8)54-78(116)124-88(9,10)11)40-44-108(55-79(117)125-89(12,13)14)56-80(118)126-90(15,16)17)69(96-63)50-71-66(61(5)68(97-71)49-72-67(33-3)95(30,34-4)86(99-72)100-85)36-38-74(112)102-104-76(114)52-106(41-45-109(57-81(119)127-91(18,19)20)58-82(120)128-92(21,22)23)42-46-110(59-83(121)129-93(24,25)26)60-84(122)130-94(27,28)29/h47-50,86,96,99H,31-46,51-60H2,1-30H3,(H,101,111)(H,102,112)(H,103,113)(H,104,114)/b63-48-,68-49-,69-50-,100-85-. The molecule has 2 atom stereocenters. The highest BCUT2D eigenvalue weighted by atomic mass is 16.6. The molecule has 5 rings (SSSR count). The van der Waals surface area contributed by atoms with E-state index in [1.165, 1.54) is 9.80 Å². The SMILES string of the molecule is CCC1=C(CC)/C2=N/C3NC(=C(CC)C3(C)CC)/C=C3N=C(/C=c4\[nH]/c(cc4CCC(=O)NNC(=O)CN(CCN(CC(=O)OC(C)(C)C)CC(=O)OC(C)(C)C)CCN(CC(=O)OC(C)(C)C)CC(=O)OC(C)(C)C)=C\C1=N2)C(CCC(=O)NNC(=O)CN(CCN(CC(=O)OC(C)(C)C)CC(=O)OC(C)(C)C)CCN(CC(=O)OC(C)(C)C)CC(=O)OC(C)(C)C)=C\3C. The van der Waals surface area contributed by atoms with Crippen LogP contribution >= 0.6 is 0 Å². The minimum absolute atomic E-state index is 0.0187. The molecule has 0 fully saturated rings. The van der Waals surface area contributed by atoms with Gasteiger partial charge in [-0.25, -0.2) is 15.0 Å². The van der Waals surface area contributed by atoms with Gasteiger partial charge in [0, 0.05) is 92.6 Å². The number of carbonyl (C=O) groups excluding carboxylic acids is 12. The van der Waals surface area contributed by atoms with Gasteiger partial charge < -0.3 is 48.2 Å². The molecule has 35 heteroatoms. The fourth-order valence-electron chi connectivity index (χ4n) is 14.8. The molecule has 8 bridgehead atoms. The lowest BCUT2D eigenvalue weighted by molar-refractivity contribution is -0.162. The number of hydrazine groups is 2. The van der Waals surface area contributed by atoms with Crippen LogP contribution < -0.4 is 37.7 Å². The van der Waals surface area contributed by atoms with Crippen LogP contribution in [-0.2, 0) is 102 Å². The van der Waals surface area contributed by atoms with E-state index in [2.05, 4.69) is 66.6 Å². The van der Waals surface area contributed by atoms with Gasteiger partial charge in [0.2, 0.25) is 11.8 Å². The molecule has 0 radical (unpaired) electrons. The van der Waals surface area contributed by atoms with Crippen molar-refractivity contribution in [1.29, 1.82) is 0 Å². The Labute approximate surface area is 769 Å². The van der Waals surface area contributed by atoms with Gasteiger partial charge in [-0.15, -0.1) is 0 Å². The zero-order valence-corrected chi connectivity index (χ0v) is 83.5. The number of hydrogen-bond acceptors (Lipinski definition) is 30. The monoisotopic (exact) mass is 1820 g/mol. The number of esters is 8. The molecule has 6 N–H and O–H groups in total. The van der Waals surface area contributed by atoms with Crippen LogP contribution in [0.1, 0.15) is 258 Å². The van der Waals surface area contributed by atoms with Crippen LogP contribution in [0.15, 0.2) is 66.4 Å². The molecule has 4 aliphatic rings. The topological polar surface area (TPSA) is 411 Å². The molecule has 0 saturated heterocycles. The number of aromatic amines is 1. The Morgan fingerprint density at radius 3 is 0.992 bits per heavy atom. The average Bonchev–Trinajstić information content (AvgIpc) is 1.60. The van der Waals surface area contributed by atoms with Gasteiger partial charge in [-0.05, 0) is 264 Å². The van der Waals surface area contributed by atoms with Crippen LogP contribution in [-0.4, -0.2) is 292 Å². The number of H-pyrrole nitrogens is 1. The Morgan fingerprint density at radius 2 is 0.685 bits per heavy atom. The van der Waals surface area contributed by atoms with Crippen LogP contribution in [0.25, 0.3) is 12.2 Å². The first kappa shape index (κ1) is 111. The lowest BCUT2D eigenvalue weighted by Gasteiger charge is -2.30. The first-order valence-electron chi connectivity index (χ1n) is 45.4. The summed E-state index contributed by atoms with van der Waals surface area (Å²) in [6.45, 7) is 50.8. The number of amides is 4. The van der Waals surface area contributed by atoms with Crippen molar-refractivity contribution < 1.29 is 95.4 Å². The summed E-state index contributed by atoms with van der Waals surface area (Å²) in [5, 5.41) is 5.01. The first-order valence-corrected chi connectivity index (χ1v) is 45.4. The lowest BCUT2D eigenvalue weighted by Crippen LogP contribution is -2.50. The molecule has 0 saturated carbocycles. The van der Waals surface area contributed by atoms with Gasteiger partial charge in [-0.1, -0.05) is 34.6 Å². The number of allylic oxidation sites excluding steroid dienone is 4. The molecule has 728 valence electrons. The molecular weight excluding hydrogens is 1670 g/mol. The van der Waals surface area contributed by atoms with E-state index in [0.29, 0.717) is 64.1 Å². The maximum absolute atomic E-state index is 14.4. The van der Waals surface area contributed by atoms with Gasteiger partial charge >= 0.3 is 47.8 Å². The Kier molecular flexibility index (Phi) is 40.5. The van der Waals surface area contributed by atoms with Crippen molar-refractivity contribution in [3.8, 4) is 0 Å². The number of aryl methyl sites for hydroxylation is 1. The zero-order chi connectivity index (χ0) is 98.2. The Morgan fingerprint density at radius 1 is 0.377 bits per heavy atom. The molecule has 2 unspecified atom stereocenters. The number of ether oxygens (including phenoxy) is 8. The smallest absolute Gasteiger partial charge is 0.320 e. The minimum Gasteiger partial charge on any atom is -0.459 e. The summed E-state index contributed by atoms with van der Waals surface area (Å²) in [7, 11) is 0. The van der Waals surface area contributed by atoms with E-state index in [9.17, 15) is 57.5 Å². The van der Waals surface area contributed by atoms with Crippen molar-refractivity contribution in [1.82, 2.24) is 61.4 Å². The van der Waals surface area contributed by atoms with Gasteiger partial charge in [0.15, 0.2) is 5.84 Å². The highest BCUT2D eigenvalue weighted by Gasteiger charge is 2.44. The van der Waals surface area contributed by atoms with Crippen molar-refractivity contribution in [3.05, 3.63) is 67.7 Å². The second-order valence-electron chi connectivity index (χ2n) is 41.5. The lowest BCUT2D eigenvalue weighted by atomic mass is 9.77. The molecule has 4 aliphatic heterocycles. The predicted molar refractivity (Wildman–Crippen MR) is 498 cm³/mol. The van der Waals surface area contributed by atoms with E-state index < -0.39 is 128 Å². The molecule has 1 aromatic rings. The molecule has 5 heterocycles. The molecular formula is C95H153N15O20. The van der Waals surface area contributed by atoms with Crippen molar-refractivity contribution in [2.45, 2.75) is 310 Å². The Balaban J connectivity index is 1.53. The number of aliphatic imine (C=N–C) groups is 3. The number of nitrogens with one attached hydrogen (secondary N) is 6. The summed E-state index contributed by atoms with van der Waals surface area (Å²) in [5.41, 5.74) is 11.1. The minimum atomic E-state index is -0.856. The van der Waals surface area contributed by atoms with Crippen molar-refractivity contribution in [2.75, 3.05) is 118 Å². The van der Waals surface area contributed by atoms with E-state index in [4.69, 9.17) is 52.9 Å².